The number of hydrogen-bond acceptors (Lipinski definition) is 4. The van der Waals surface area contributed by atoms with Gasteiger partial charge in [0.15, 0.2) is 17.5 Å². The quantitative estimate of drug-likeness (QED) is 0.160. The fourth-order valence-corrected chi connectivity index (χ4v) is 11.7. The van der Waals surface area contributed by atoms with Crippen molar-refractivity contribution in [3.8, 4) is 73.2 Å². The van der Waals surface area contributed by atoms with Crippen LogP contribution in [0, 0.1) is 0 Å². The molecule has 0 amide bonds. The van der Waals surface area contributed by atoms with E-state index in [-0.39, 0.29) is 0 Å². The van der Waals surface area contributed by atoms with Crippen molar-refractivity contribution < 1.29 is 0 Å². The third kappa shape index (κ3) is 6.70. The maximum atomic E-state index is 5.32. The zero-order valence-electron chi connectivity index (χ0n) is 37.8. The molecule has 70 heavy (non-hydrogen) atoms. The number of fused-ring (bicyclic) bond motifs is 9. The second-order valence-electron chi connectivity index (χ2n) is 17.9. The molecular formula is C65H40N4S. The van der Waals surface area contributed by atoms with Crippen LogP contribution in [0.4, 0.5) is 0 Å². The summed E-state index contributed by atoms with van der Waals surface area (Å²) in [5, 5.41) is 9.88. The lowest BCUT2D eigenvalue weighted by molar-refractivity contribution is 1.07. The van der Waals surface area contributed by atoms with Gasteiger partial charge >= 0.3 is 0 Å². The summed E-state index contributed by atoms with van der Waals surface area (Å²) in [6.07, 6.45) is 0. The van der Waals surface area contributed by atoms with Gasteiger partial charge in [-0.2, -0.15) is 0 Å². The van der Waals surface area contributed by atoms with Crippen molar-refractivity contribution >= 4 is 74.9 Å². The van der Waals surface area contributed by atoms with Crippen LogP contribution in [-0.4, -0.2) is 19.5 Å². The third-order valence-electron chi connectivity index (χ3n) is 13.8. The second-order valence-corrected chi connectivity index (χ2v) is 19.0. The lowest BCUT2D eigenvalue weighted by Crippen LogP contribution is -2.02. The fourth-order valence-electron chi connectivity index (χ4n) is 10.4. The Balaban J connectivity index is 0.978. The molecule has 0 aliphatic carbocycles. The molecule has 4 nitrogen and oxygen atoms in total. The van der Waals surface area contributed by atoms with Crippen molar-refractivity contribution in [2.45, 2.75) is 0 Å². The van der Waals surface area contributed by atoms with Crippen molar-refractivity contribution in [1.29, 1.82) is 0 Å². The Kier molecular flexibility index (Phi) is 9.36. The molecule has 0 aliphatic heterocycles. The molecule has 0 spiro atoms. The van der Waals surface area contributed by atoms with Gasteiger partial charge in [-0.25, -0.2) is 15.0 Å². The van der Waals surface area contributed by atoms with Gasteiger partial charge in [0.2, 0.25) is 0 Å². The summed E-state index contributed by atoms with van der Waals surface area (Å²) in [5.41, 5.74) is 13.1. The number of benzene rings is 11. The summed E-state index contributed by atoms with van der Waals surface area (Å²) in [6, 6.07) is 87.1. The van der Waals surface area contributed by atoms with Gasteiger partial charge in [0.05, 0.1) is 16.7 Å². The van der Waals surface area contributed by atoms with Crippen molar-refractivity contribution in [1.82, 2.24) is 19.5 Å². The van der Waals surface area contributed by atoms with E-state index in [0.29, 0.717) is 17.5 Å². The van der Waals surface area contributed by atoms with Crippen LogP contribution in [0.1, 0.15) is 0 Å². The molecule has 14 aromatic rings. The first kappa shape index (κ1) is 40.1. The van der Waals surface area contributed by atoms with Crippen molar-refractivity contribution in [3.63, 3.8) is 0 Å². The van der Waals surface area contributed by atoms with Crippen molar-refractivity contribution in [2.75, 3.05) is 0 Å². The minimum atomic E-state index is 0.610. The Bertz CT molecular complexity index is 4330. The van der Waals surface area contributed by atoms with E-state index in [4.69, 9.17) is 15.0 Å². The number of thiophene rings is 1. The van der Waals surface area contributed by atoms with Gasteiger partial charge in [-0.3, -0.25) is 0 Å². The molecule has 0 saturated carbocycles. The zero-order chi connectivity index (χ0) is 46.1. The van der Waals surface area contributed by atoms with Crippen LogP contribution in [-0.2, 0) is 0 Å². The minimum Gasteiger partial charge on any atom is -0.309 e. The first-order valence-corrected chi connectivity index (χ1v) is 24.5. The predicted octanol–water partition coefficient (Wildman–Crippen LogP) is 17.6. The number of hydrogen-bond donors (Lipinski definition) is 0. The maximum absolute atomic E-state index is 5.32. The lowest BCUT2D eigenvalue weighted by Gasteiger charge is -2.17. The average molecular weight is 909 g/mol. The van der Waals surface area contributed by atoms with Crippen LogP contribution in [0.5, 0.6) is 0 Å². The normalized spacial score (nSPS) is 11.7. The highest BCUT2D eigenvalue weighted by Gasteiger charge is 2.22. The molecule has 0 radical (unpaired) electrons. The fraction of sp³-hybridized carbons (Fsp3) is 0. The lowest BCUT2D eigenvalue weighted by atomic mass is 9.95. The summed E-state index contributed by atoms with van der Waals surface area (Å²) in [7, 11) is 0. The monoisotopic (exact) mass is 908 g/mol. The van der Waals surface area contributed by atoms with Gasteiger partial charge in [-0.05, 0) is 91.8 Å². The number of aromatic nitrogens is 4. The molecule has 0 aliphatic rings. The predicted molar refractivity (Wildman–Crippen MR) is 295 cm³/mol. The topological polar surface area (TPSA) is 43.6 Å². The maximum Gasteiger partial charge on any atom is 0.164 e. The van der Waals surface area contributed by atoms with E-state index in [1.54, 1.807) is 0 Å². The van der Waals surface area contributed by atoms with E-state index < -0.39 is 0 Å². The largest absolute Gasteiger partial charge is 0.309 e. The van der Waals surface area contributed by atoms with E-state index >= 15 is 0 Å². The van der Waals surface area contributed by atoms with Gasteiger partial charge in [-0.15, -0.1) is 11.3 Å². The standard InChI is InChI=1S/C65H40N4S/c1-3-14-41(15-4-1)42-26-28-43(29-27-42)44-30-32-47(33-31-44)64-66-63(46-17-5-2-6-18-46)67-65(68-64)50-35-37-58(69-57-24-12-11-22-52(57)55-38-48-19-7-8-20-49(48)40-59(55)69)56(39-50)53-23-13-25-60-61(53)54-36-34-45-16-9-10-21-51(45)62(54)70-60/h1-40H. The minimum absolute atomic E-state index is 0.610. The summed E-state index contributed by atoms with van der Waals surface area (Å²) >= 11 is 1.87. The highest BCUT2D eigenvalue weighted by Crippen LogP contribution is 2.46. The highest BCUT2D eigenvalue weighted by molar-refractivity contribution is 7.26. The van der Waals surface area contributed by atoms with E-state index in [1.165, 1.54) is 63.6 Å². The molecule has 0 N–H and O–H groups in total. The molecule has 0 saturated heterocycles. The molecule has 3 aromatic heterocycles. The number of para-hydroxylation sites is 1. The third-order valence-corrected chi connectivity index (χ3v) is 15.1. The van der Waals surface area contributed by atoms with E-state index in [1.807, 2.05) is 29.5 Å². The first-order chi connectivity index (χ1) is 34.7. The van der Waals surface area contributed by atoms with Gasteiger partial charge in [0.1, 0.15) is 0 Å². The van der Waals surface area contributed by atoms with Gasteiger partial charge in [0, 0.05) is 53.2 Å². The molecular weight excluding hydrogens is 869 g/mol. The molecule has 0 atom stereocenters. The van der Waals surface area contributed by atoms with Crippen LogP contribution in [0.2, 0.25) is 0 Å². The average Bonchev–Trinajstić information content (AvgIpc) is 3.98. The van der Waals surface area contributed by atoms with Gasteiger partial charge in [-0.1, -0.05) is 200 Å². The molecule has 0 unspecified atom stereocenters. The highest BCUT2D eigenvalue weighted by atomic mass is 32.1. The molecule has 0 fully saturated rings. The molecule has 5 heteroatoms. The summed E-state index contributed by atoms with van der Waals surface area (Å²) in [5.74, 6) is 1.85. The Morgan fingerprint density at radius 3 is 1.53 bits per heavy atom. The van der Waals surface area contributed by atoms with Gasteiger partial charge in [0.25, 0.3) is 0 Å². The Morgan fingerprint density at radius 2 is 0.829 bits per heavy atom. The zero-order valence-corrected chi connectivity index (χ0v) is 38.6. The molecule has 3 heterocycles. The van der Waals surface area contributed by atoms with Gasteiger partial charge < -0.3 is 4.57 Å². The Hall–Kier alpha value is -9.03. The Morgan fingerprint density at radius 1 is 0.300 bits per heavy atom. The van der Waals surface area contributed by atoms with Crippen LogP contribution >= 0.6 is 11.3 Å². The Labute approximate surface area is 408 Å². The van der Waals surface area contributed by atoms with Crippen molar-refractivity contribution in [3.05, 3.63) is 243 Å². The van der Waals surface area contributed by atoms with Crippen LogP contribution in [0.3, 0.4) is 0 Å². The van der Waals surface area contributed by atoms with Crippen LogP contribution in [0.25, 0.3) is 137 Å². The van der Waals surface area contributed by atoms with Crippen molar-refractivity contribution in [2.24, 2.45) is 0 Å². The summed E-state index contributed by atoms with van der Waals surface area (Å²) in [4.78, 5) is 15.7. The first-order valence-electron chi connectivity index (χ1n) is 23.7. The van der Waals surface area contributed by atoms with Crippen LogP contribution < -0.4 is 0 Å². The SMILES string of the molecule is c1ccc(-c2ccc(-c3ccc(-c4nc(-c5ccccc5)nc(-c5ccc(-n6c7ccccc7c7cc8ccccc8cc76)c(-c6cccc7sc8c9ccccc9ccc8c67)c5)n4)cc3)cc2)cc1. The summed E-state index contributed by atoms with van der Waals surface area (Å²) < 4.78 is 5.01. The van der Waals surface area contributed by atoms with E-state index in [9.17, 15) is 0 Å². The smallest absolute Gasteiger partial charge is 0.164 e. The molecule has 11 aromatic carbocycles. The summed E-state index contributed by atoms with van der Waals surface area (Å²) in [6.45, 7) is 0. The number of nitrogens with zero attached hydrogens (tertiary/aromatic N) is 4. The van der Waals surface area contributed by atoms with Crippen LogP contribution in [0.15, 0.2) is 243 Å². The molecule has 14 rings (SSSR count). The second kappa shape index (κ2) is 16.3. The van der Waals surface area contributed by atoms with E-state index in [2.05, 4.69) is 229 Å². The molecule has 0 bridgehead atoms. The number of rotatable bonds is 7. The van der Waals surface area contributed by atoms with E-state index in [0.717, 1.165) is 55.7 Å². The molecule has 326 valence electrons.